The Balaban J connectivity index is 1.57. The molecular weight excluding hydrogens is 332 g/mol. The van der Waals surface area contributed by atoms with Gasteiger partial charge >= 0.3 is 0 Å². The Morgan fingerprint density at radius 1 is 0.704 bits per heavy atom. The van der Waals surface area contributed by atoms with Crippen molar-refractivity contribution in [2.45, 2.75) is 0 Å². The van der Waals surface area contributed by atoms with Crippen LogP contribution in [0, 0.1) is 0 Å². The molecule has 3 aromatic rings. The number of carbonyl (C=O) groups is 1. The van der Waals surface area contributed by atoms with E-state index in [2.05, 4.69) is 24.3 Å². The highest BCUT2D eigenvalue weighted by Crippen LogP contribution is 2.32. The number of allylic oxidation sites excluding steroid dienone is 5. The summed E-state index contributed by atoms with van der Waals surface area (Å²) in [6.07, 6.45) is 11.2. The van der Waals surface area contributed by atoms with E-state index in [1.807, 2.05) is 66.8 Å². The van der Waals surface area contributed by atoms with E-state index < -0.39 is 0 Å². The summed E-state index contributed by atoms with van der Waals surface area (Å²) in [5.74, 6) is 1.55. The van der Waals surface area contributed by atoms with E-state index in [0.29, 0.717) is 11.3 Å². The van der Waals surface area contributed by atoms with Gasteiger partial charge in [-0.1, -0.05) is 48.5 Å². The Bertz CT molecular complexity index is 1210. The van der Waals surface area contributed by atoms with Gasteiger partial charge in [-0.2, -0.15) is 0 Å². The van der Waals surface area contributed by atoms with Crippen molar-refractivity contribution in [1.82, 2.24) is 0 Å². The second-order valence-corrected chi connectivity index (χ2v) is 6.61. The molecule has 0 bridgehead atoms. The summed E-state index contributed by atoms with van der Waals surface area (Å²) in [7, 11) is 0. The molecule has 2 heteroatoms. The molecule has 0 unspecified atom stereocenters. The number of rotatable bonds is 1. The summed E-state index contributed by atoms with van der Waals surface area (Å²) in [6.45, 7) is 0. The van der Waals surface area contributed by atoms with Crippen LogP contribution in [0.25, 0.3) is 28.5 Å². The molecule has 27 heavy (non-hydrogen) atoms. The van der Waals surface area contributed by atoms with Gasteiger partial charge < -0.3 is 4.74 Å². The Morgan fingerprint density at radius 2 is 1.44 bits per heavy atom. The van der Waals surface area contributed by atoms with Crippen molar-refractivity contribution in [2.24, 2.45) is 0 Å². The Kier molecular flexibility index (Phi) is 3.61. The first-order chi connectivity index (χ1) is 13.3. The van der Waals surface area contributed by atoms with Crippen molar-refractivity contribution in [3.63, 3.8) is 0 Å². The summed E-state index contributed by atoms with van der Waals surface area (Å²) in [5, 5.41) is 2.30. The van der Waals surface area contributed by atoms with Crippen LogP contribution in [0.15, 0.2) is 90.7 Å². The molecule has 128 valence electrons. The van der Waals surface area contributed by atoms with Crippen LogP contribution in [0.1, 0.15) is 16.7 Å². The van der Waals surface area contributed by atoms with Crippen LogP contribution in [0.4, 0.5) is 0 Å². The van der Waals surface area contributed by atoms with Crippen LogP contribution in [0.5, 0.6) is 5.75 Å². The standard InChI is InChI=1S/C25H16O2/c26-24-14-10-20-15-18-6-1-2-7-19(18)16-23(20)22(24)13-12-21-11-9-17-5-3-4-8-25(17)27-21/h1-16H/b21-12+,22-13-. The highest BCUT2D eigenvalue weighted by molar-refractivity contribution is 6.30. The maximum absolute atomic E-state index is 12.5. The number of para-hydroxylation sites is 1. The molecule has 2 nitrogen and oxygen atoms in total. The normalized spacial score (nSPS) is 17.9. The van der Waals surface area contributed by atoms with Gasteiger partial charge in [-0.3, -0.25) is 4.79 Å². The van der Waals surface area contributed by atoms with E-state index in [4.69, 9.17) is 4.74 Å². The lowest BCUT2D eigenvalue weighted by molar-refractivity contribution is -0.109. The van der Waals surface area contributed by atoms with Gasteiger partial charge in [0.25, 0.3) is 0 Å². The van der Waals surface area contributed by atoms with Gasteiger partial charge in [-0.25, -0.2) is 0 Å². The lowest BCUT2D eigenvalue weighted by Crippen LogP contribution is -2.05. The minimum atomic E-state index is 0.00909. The summed E-state index contributed by atoms with van der Waals surface area (Å²) >= 11 is 0. The number of fused-ring (bicyclic) bond motifs is 3. The number of carbonyl (C=O) groups excluding carboxylic acids is 1. The van der Waals surface area contributed by atoms with Crippen LogP contribution in [-0.4, -0.2) is 5.78 Å². The topological polar surface area (TPSA) is 26.3 Å². The summed E-state index contributed by atoms with van der Waals surface area (Å²) in [5.41, 5.74) is 3.75. The Hall–Kier alpha value is -3.65. The van der Waals surface area contributed by atoms with E-state index in [0.717, 1.165) is 27.8 Å². The SMILES string of the molecule is O=C1C=Cc2cc3ccccc3cc2/C1=C/C=C1\C=Cc2ccccc2O1. The van der Waals surface area contributed by atoms with Gasteiger partial charge in [0.1, 0.15) is 11.5 Å². The maximum Gasteiger partial charge on any atom is 0.186 e. The maximum atomic E-state index is 12.5. The third-order valence-corrected chi connectivity index (χ3v) is 4.88. The highest BCUT2D eigenvalue weighted by Gasteiger charge is 2.17. The smallest absolute Gasteiger partial charge is 0.186 e. The van der Waals surface area contributed by atoms with Crippen LogP contribution < -0.4 is 4.74 Å². The molecule has 3 aromatic carbocycles. The number of hydrogen-bond donors (Lipinski definition) is 0. The lowest BCUT2D eigenvalue weighted by Gasteiger charge is -2.16. The molecule has 0 N–H and O–H groups in total. The predicted molar refractivity (Wildman–Crippen MR) is 110 cm³/mol. The fraction of sp³-hybridized carbons (Fsp3) is 0. The van der Waals surface area contributed by atoms with Gasteiger partial charge in [0.15, 0.2) is 5.78 Å². The molecular formula is C25H16O2. The van der Waals surface area contributed by atoms with Crippen molar-refractivity contribution >= 4 is 34.3 Å². The number of hydrogen-bond acceptors (Lipinski definition) is 2. The fourth-order valence-electron chi connectivity index (χ4n) is 3.49. The molecule has 1 aliphatic heterocycles. The molecule has 0 saturated carbocycles. The Labute approximate surface area is 157 Å². The van der Waals surface area contributed by atoms with E-state index in [1.165, 1.54) is 5.39 Å². The molecule has 0 saturated heterocycles. The minimum absolute atomic E-state index is 0.00909. The summed E-state index contributed by atoms with van der Waals surface area (Å²) < 4.78 is 5.92. The third kappa shape index (κ3) is 2.81. The van der Waals surface area contributed by atoms with Crippen LogP contribution in [0.3, 0.4) is 0 Å². The average molecular weight is 348 g/mol. The fourth-order valence-corrected chi connectivity index (χ4v) is 3.49. The van der Waals surface area contributed by atoms with Gasteiger partial charge in [0, 0.05) is 11.1 Å². The van der Waals surface area contributed by atoms with Crippen LogP contribution in [-0.2, 0) is 4.79 Å². The molecule has 5 rings (SSSR count). The molecule has 1 heterocycles. The zero-order valence-corrected chi connectivity index (χ0v) is 14.6. The largest absolute Gasteiger partial charge is 0.457 e. The van der Waals surface area contributed by atoms with Crippen molar-refractivity contribution in [3.05, 3.63) is 107 Å². The van der Waals surface area contributed by atoms with E-state index >= 15 is 0 Å². The monoisotopic (exact) mass is 348 g/mol. The van der Waals surface area contributed by atoms with Gasteiger partial charge in [0.2, 0.25) is 0 Å². The zero-order chi connectivity index (χ0) is 18.2. The van der Waals surface area contributed by atoms with Crippen molar-refractivity contribution in [2.75, 3.05) is 0 Å². The summed E-state index contributed by atoms with van der Waals surface area (Å²) in [4.78, 5) is 12.5. The average Bonchev–Trinajstić information content (AvgIpc) is 2.71. The Morgan fingerprint density at radius 3 is 2.33 bits per heavy atom. The number of benzene rings is 3. The van der Waals surface area contributed by atoms with Crippen LogP contribution >= 0.6 is 0 Å². The molecule has 0 amide bonds. The van der Waals surface area contributed by atoms with E-state index in [1.54, 1.807) is 6.08 Å². The van der Waals surface area contributed by atoms with Crippen molar-refractivity contribution in [1.29, 1.82) is 0 Å². The van der Waals surface area contributed by atoms with Crippen molar-refractivity contribution < 1.29 is 9.53 Å². The molecule has 0 atom stereocenters. The van der Waals surface area contributed by atoms with Crippen molar-refractivity contribution in [3.8, 4) is 5.75 Å². The lowest BCUT2D eigenvalue weighted by atomic mass is 9.89. The molecule has 0 fully saturated rings. The number of ether oxygens (including phenoxy) is 1. The van der Waals surface area contributed by atoms with Gasteiger partial charge in [-0.15, -0.1) is 0 Å². The second-order valence-electron chi connectivity index (χ2n) is 6.61. The molecule has 2 aliphatic rings. The highest BCUT2D eigenvalue weighted by atomic mass is 16.5. The van der Waals surface area contributed by atoms with Crippen LogP contribution in [0.2, 0.25) is 0 Å². The minimum Gasteiger partial charge on any atom is -0.457 e. The molecule has 0 spiro atoms. The van der Waals surface area contributed by atoms with Gasteiger partial charge in [-0.05, 0) is 70.5 Å². The number of ketones is 1. The third-order valence-electron chi connectivity index (χ3n) is 4.88. The first-order valence-corrected chi connectivity index (χ1v) is 8.90. The first kappa shape index (κ1) is 15.6. The quantitative estimate of drug-likeness (QED) is 0.519. The molecule has 1 aliphatic carbocycles. The van der Waals surface area contributed by atoms with Gasteiger partial charge in [0.05, 0.1) is 0 Å². The predicted octanol–water partition coefficient (Wildman–Crippen LogP) is 5.81. The molecule has 0 aromatic heterocycles. The second kappa shape index (κ2) is 6.26. The van der Waals surface area contributed by atoms with E-state index in [-0.39, 0.29) is 5.78 Å². The first-order valence-electron chi connectivity index (χ1n) is 8.90. The van der Waals surface area contributed by atoms with E-state index in [9.17, 15) is 4.79 Å². The zero-order valence-electron chi connectivity index (χ0n) is 14.6. The summed E-state index contributed by atoms with van der Waals surface area (Å²) in [6, 6.07) is 20.3. The molecule has 0 radical (unpaired) electrons.